The van der Waals surface area contributed by atoms with Crippen molar-refractivity contribution < 1.29 is 0 Å². The van der Waals surface area contributed by atoms with Gasteiger partial charge >= 0.3 is 0 Å². The Morgan fingerprint density at radius 1 is 1.31 bits per heavy atom. The lowest BCUT2D eigenvalue weighted by Gasteiger charge is -2.21. The van der Waals surface area contributed by atoms with Crippen LogP contribution in [-0.2, 0) is 5.88 Å². The summed E-state index contributed by atoms with van der Waals surface area (Å²) in [4.78, 5) is 9.14. The van der Waals surface area contributed by atoms with E-state index < -0.39 is 0 Å². The summed E-state index contributed by atoms with van der Waals surface area (Å²) in [5.41, 5.74) is 1.14. The number of alkyl halides is 1. The maximum atomic E-state index is 5.84. The van der Waals surface area contributed by atoms with Gasteiger partial charge in [0.25, 0.3) is 0 Å². The standard InChI is InChI=1S/C12H18ClN3/c1-15-5-2-6-16(8-7-15)12-9-11(10-13)3-4-14-12/h3-4,9H,2,5-8,10H2,1H3. The molecule has 0 spiro atoms. The van der Waals surface area contributed by atoms with Gasteiger partial charge in [-0.1, -0.05) is 0 Å². The fraction of sp³-hybridized carbons (Fsp3) is 0.583. The Hall–Kier alpha value is -0.800. The third-order valence-corrected chi connectivity index (χ3v) is 3.32. The van der Waals surface area contributed by atoms with Gasteiger partial charge in [-0.05, 0) is 37.7 Å². The van der Waals surface area contributed by atoms with E-state index in [0.717, 1.165) is 31.0 Å². The van der Waals surface area contributed by atoms with Gasteiger partial charge in [0.05, 0.1) is 0 Å². The van der Waals surface area contributed by atoms with Crippen molar-refractivity contribution in [2.45, 2.75) is 12.3 Å². The van der Waals surface area contributed by atoms with Crippen molar-refractivity contribution in [3.63, 3.8) is 0 Å². The van der Waals surface area contributed by atoms with Crippen LogP contribution in [0.1, 0.15) is 12.0 Å². The summed E-state index contributed by atoms with van der Waals surface area (Å²) in [7, 11) is 2.17. The summed E-state index contributed by atoms with van der Waals surface area (Å²) in [5.74, 6) is 1.62. The number of anilines is 1. The van der Waals surface area contributed by atoms with Gasteiger partial charge in [-0.2, -0.15) is 0 Å². The molecule has 0 unspecified atom stereocenters. The van der Waals surface area contributed by atoms with E-state index in [1.807, 2.05) is 12.3 Å². The van der Waals surface area contributed by atoms with Crippen molar-refractivity contribution in [1.29, 1.82) is 0 Å². The van der Waals surface area contributed by atoms with E-state index in [9.17, 15) is 0 Å². The van der Waals surface area contributed by atoms with Gasteiger partial charge in [0.15, 0.2) is 0 Å². The number of likely N-dealkylation sites (N-methyl/N-ethyl adjacent to an activating group) is 1. The Kier molecular flexibility index (Phi) is 4.02. The number of hydrogen-bond acceptors (Lipinski definition) is 3. The number of nitrogens with zero attached hydrogens (tertiary/aromatic N) is 3. The number of hydrogen-bond donors (Lipinski definition) is 0. The molecule has 2 rings (SSSR count). The Morgan fingerprint density at radius 2 is 2.19 bits per heavy atom. The minimum Gasteiger partial charge on any atom is -0.355 e. The number of pyridine rings is 1. The minimum atomic E-state index is 0.559. The first-order valence-electron chi connectivity index (χ1n) is 5.74. The second kappa shape index (κ2) is 5.51. The summed E-state index contributed by atoms with van der Waals surface area (Å²) in [6, 6.07) is 4.07. The predicted octanol–water partition coefficient (Wildman–Crippen LogP) is 1.96. The van der Waals surface area contributed by atoms with E-state index in [1.165, 1.54) is 13.0 Å². The van der Waals surface area contributed by atoms with Crippen molar-refractivity contribution >= 4 is 17.4 Å². The summed E-state index contributed by atoms with van der Waals surface area (Å²) < 4.78 is 0. The molecule has 1 aliphatic heterocycles. The Bertz CT molecular complexity index is 343. The monoisotopic (exact) mass is 239 g/mol. The highest BCUT2D eigenvalue weighted by Gasteiger charge is 2.13. The molecule has 0 amide bonds. The zero-order chi connectivity index (χ0) is 11.4. The van der Waals surface area contributed by atoms with Crippen LogP contribution in [0.3, 0.4) is 0 Å². The van der Waals surface area contributed by atoms with Crippen LogP contribution in [0.4, 0.5) is 5.82 Å². The van der Waals surface area contributed by atoms with Crippen molar-refractivity contribution in [3.8, 4) is 0 Å². The molecule has 0 radical (unpaired) electrons. The molecule has 1 aromatic rings. The molecule has 1 saturated heterocycles. The van der Waals surface area contributed by atoms with Crippen LogP contribution in [0.5, 0.6) is 0 Å². The topological polar surface area (TPSA) is 19.4 Å². The van der Waals surface area contributed by atoms with Gasteiger partial charge in [0.2, 0.25) is 0 Å². The first kappa shape index (κ1) is 11.7. The third-order valence-electron chi connectivity index (χ3n) is 3.01. The Labute approximate surface area is 102 Å². The lowest BCUT2D eigenvalue weighted by Crippen LogP contribution is -2.29. The van der Waals surface area contributed by atoms with Gasteiger partial charge < -0.3 is 9.80 Å². The maximum Gasteiger partial charge on any atom is 0.128 e. The van der Waals surface area contributed by atoms with E-state index >= 15 is 0 Å². The molecule has 0 aromatic carbocycles. The number of halogens is 1. The van der Waals surface area contributed by atoms with E-state index in [1.54, 1.807) is 0 Å². The highest BCUT2D eigenvalue weighted by molar-refractivity contribution is 6.17. The second-order valence-electron chi connectivity index (χ2n) is 4.30. The zero-order valence-corrected chi connectivity index (χ0v) is 10.5. The van der Waals surface area contributed by atoms with E-state index in [-0.39, 0.29) is 0 Å². The number of aromatic nitrogens is 1. The molecule has 4 heteroatoms. The molecule has 3 nitrogen and oxygen atoms in total. The van der Waals surface area contributed by atoms with Crippen molar-refractivity contribution in [1.82, 2.24) is 9.88 Å². The molecular formula is C12H18ClN3. The fourth-order valence-electron chi connectivity index (χ4n) is 1.99. The first-order valence-corrected chi connectivity index (χ1v) is 6.27. The van der Waals surface area contributed by atoms with E-state index in [2.05, 4.69) is 27.9 Å². The average molecular weight is 240 g/mol. The molecule has 0 saturated carbocycles. The molecule has 88 valence electrons. The highest BCUT2D eigenvalue weighted by Crippen LogP contribution is 2.15. The zero-order valence-electron chi connectivity index (χ0n) is 9.69. The summed E-state index contributed by atoms with van der Waals surface area (Å²) in [6.07, 6.45) is 3.05. The molecule has 0 bridgehead atoms. The lowest BCUT2D eigenvalue weighted by molar-refractivity contribution is 0.360. The lowest BCUT2D eigenvalue weighted by atomic mass is 10.3. The first-order chi connectivity index (χ1) is 7.79. The van der Waals surface area contributed by atoms with Crippen molar-refractivity contribution in [2.24, 2.45) is 0 Å². The SMILES string of the molecule is CN1CCCN(c2cc(CCl)ccn2)CC1. The Morgan fingerprint density at radius 3 is 3.00 bits per heavy atom. The van der Waals surface area contributed by atoms with Crippen LogP contribution in [-0.4, -0.2) is 43.1 Å². The van der Waals surface area contributed by atoms with Crippen LogP contribution in [0, 0.1) is 0 Å². The average Bonchev–Trinajstić information content (AvgIpc) is 2.54. The van der Waals surface area contributed by atoms with Crippen molar-refractivity contribution in [2.75, 3.05) is 38.1 Å². The highest BCUT2D eigenvalue weighted by atomic mass is 35.5. The fourth-order valence-corrected chi connectivity index (χ4v) is 2.16. The molecule has 2 heterocycles. The molecule has 1 fully saturated rings. The van der Waals surface area contributed by atoms with Gasteiger partial charge in [0, 0.05) is 31.7 Å². The van der Waals surface area contributed by atoms with Gasteiger partial charge in [-0.25, -0.2) is 4.98 Å². The quantitative estimate of drug-likeness (QED) is 0.736. The van der Waals surface area contributed by atoms with Crippen LogP contribution < -0.4 is 4.90 Å². The molecule has 1 aliphatic rings. The normalized spacial score (nSPS) is 18.5. The largest absolute Gasteiger partial charge is 0.355 e. The summed E-state index contributed by atoms with van der Waals surface area (Å²) in [6.45, 7) is 4.41. The molecule has 0 atom stereocenters. The second-order valence-corrected chi connectivity index (χ2v) is 4.57. The van der Waals surface area contributed by atoms with Crippen LogP contribution in [0.25, 0.3) is 0 Å². The molecule has 16 heavy (non-hydrogen) atoms. The molecule has 1 aromatic heterocycles. The molecule has 0 N–H and O–H groups in total. The maximum absolute atomic E-state index is 5.84. The van der Waals surface area contributed by atoms with E-state index in [0.29, 0.717) is 5.88 Å². The minimum absolute atomic E-state index is 0.559. The van der Waals surface area contributed by atoms with Crippen LogP contribution in [0.2, 0.25) is 0 Å². The molecule has 0 aliphatic carbocycles. The summed E-state index contributed by atoms with van der Waals surface area (Å²) >= 11 is 5.84. The summed E-state index contributed by atoms with van der Waals surface area (Å²) in [5, 5.41) is 0. The van der Waals surface area contributed by atoms with Gasteiger partial charge in [-0.15, -0.1) is 11.6 Å². The number of rotatable bonds is 2. The van der Waals surface area contributed by atoms with E-state index in [4.69, 9.17) is 11.6 Å². The molecular weight excluding hydrogens is 222 g/mol. The Balaban J connectivity index is 2.10. The van der Waals surface area contributed by atoms with Crippen LogP contribution in [0.15, 0.2) is 18.3 Å². The van der Waals surface area contributed by atoms with Crippen LogP contribution >= 0.6 is 11.6 Å². The predicted molar refractivity (Wildman–Crippen MR) is 68.1 cm³/mol. The third kappa shape index (κ3) is 2.86. The smallest absolute Gasteiger partial charge is 0.128 e. The van der Waals surface area contributed by atoms with Gasteiger partial charge in [0.1, 0.15) is 5.82 Å². The van der Waals surface area contributed by atoms with Gasteiger partial charge in [-0.3, -0.25) is 0 Å². The van der Waals surface area contributed by atoms with Crippen molar-refractivity contribution in [3.05, 3.63) is 23.9 Å².